The number of thiocarbonyl (C=S) groups is 1. The predicted octanol–water partition coefficient (Wildman–Crippen LogP) is 3.87. The summed E-state index contributed by atoms with van der Waals surface area (Å²) in [7, 11) is 1.65. The first kappa shape index (κ1) is 20.0. The molecule has 0 aliphatic carbocycles. The molecular formula is C21H20N4O4S. The number of aromatic nitrogens is 1. The molecular weight excluding hydrogens is 404 g/mol. The molecule has 0 spiro atoms. The van der Waals surface area contributed by atoms with Crippen LogP contribution >= 0.6 is 12.2 Å². The van der Waals surface area contributed by atoms with Crippen LogP contribution in [0.15, 0.2) is 65.2 Å². The Kier molecular flexibility index (Phi) is 5.73. The number of methoxy groups -OCH3 is 1. The fourth-order valence-electron chi connectivity index (χ4n) is 3.56. The van der Waals surface area contributed by atoms with Crippen LogP contribution < -0.4 is 5.32 Å². The highest BCUT2D eigenvalue weighted by Crippen LogP contribution is 2.40. The lowest BCUT2D eigenvalue weighted by Crippen LogP contribution is -2.32. The first-order valence-electron chi connectivity index (χ1n) is 9.40. The average Bonchev–Trinajstić information content (AvgIpc) is 3.37. The van der Waals surface area contributed by atoms with Gasteiger partial charge in [0.1, 0.15) is 17.6 Å². The van der Waals surface area contributed by atoms with Crippen LogP contribution in [0.4, 0.5) is 5.69 Å². The molecule has 1 fully saturated rings. The number of non-ortho nitro benzene ring substituents is 1. The highest BCUT2D eigenvalue weighted by Gasteiger charge is 2.41. The highest BCUT2D eigenvalue weighted by molar-refractivity contribution is 7.80. The summed E-state index contributed by atoms with van der Waals surface area (Å²) < 4.78 is 11.4. The number of nitro benzene ring substituents is 1. The molecule has 154 valence electrons. The SMILES string of the molecule is COCCN1C(=S)N[C@H](c2ccccn2)[C@H]1c1ccc(-c2ccc([N+](=O)[O-])cc2)o1. The van der Waals surface area contributed by atoms with Gasteiger partial charge in [0.2, 0.25) is 0 Å². The highest BCUT2D eigenvalue weighted by atomic mass is 32.1. The summed E-state index contributed by atoms with van der Waals surface area (Å²) in [4.78, 5) is 17.0. The van der Waals surface area contributed by atoms with Crippen molar-refractivity contribution < 1.29 is 14.1 Å². The van der Waals surface area contributed by atoms with Crippen molar-refractivity contribution in [3.8, 4) is 11.3 Å². The number of furan rings is 1. The molecule has 0 amide bonds. The van der Waals surface area contributed by atoms with Crippen molar-refractivity contribution in [3.05, 3.63) is 82.4 Å². The van der Waals surface area contributed by atoms with E-state index in [0.717, 1.165) is 17.0 Å². The van der Waals surface area contributed by atoms with Crippen molar-refractivity contribution in [2.75, 3.05) is 20.3 Å². The lowest BCUT2D eigenvalue weighted by Gasteiger charge is -2.25. The molecule has 0 unspecified atom stereocenters. The molecule has 1 aliphatic rings. The van der Waals surface area contributed by atoms with Gasteiger partial charge in [-0.15, -0.1) is 0 Å². The minimum atomic E-state index is -0.423. The molecule has 8 nitrogen and oxygen atoms in total. The van der Waals surface area contributed by atoms with Gasteiger partial charge in [0.05, 0.1) is 23.3 Å². The lowest BCUT2D eigenvalue weighted by atomic mass is 10.0. The maximum Gasteiger partial charge on any atom is 0.269 e. The monoisotopic (exact) mass is 424 g/mol. The van der Waals surface area contributed by atoms with E-state index in [1.807, 2.05) is 35.2 Å². The van der Waals surface area contributed by atoms with E-state index in [1.165, 1.54) is 12.1 Å². The van der Waals surface area contributed by atoms with Gasteiger partial charge in [-0.25, -0.2) is 0 Å². The van der Waals surface area contributed by atoms with Crippen molar-refractivity contribution in [1.29, 1.82) is 0 Å². The molecule has 3 aromatic rings. The Morgan fingerprint density at radius 3 is 2.70 bits per heavy atom. The second-order valence-corrected chi connectivity index (χ2v) is 7.21. The van der Waals surface area contributed by atoms with E-state index in [9.17, 15) is 10.1 Å². The van der Waals surface area contributed by atoms with Gasteiger partial charge >= 0.3 is 0 Å². The smallest absolute Gasteiger partial charge is 0.269 e. The third kappa shape index (κ3) is 3.89. The number of rotatable bonds is 7. The first-order chi connectivity index (χ1) is 14.6. The summed E-state index contributed by atoms with van der Waals surface area (Å²) in [6.45, 7) is 1.12. The van der Waals surface area contributed by atoms with Crippen LogP contribution in [0.1, 0.15) is 23.5 Å². The van der Waals surface area contributed by atoms with Crippen molar-refractivity contribution in [1.82, 2.24) is 15.2 Å². The van der Waals surface area contributed by atoms with Gasteiger partial charge < -0.3 is 19.4 Å². The minimum Gasteiger partial charge on any atom is -0.459 e. The van der Waals surface area contributed by atoms with Crippen LogP contribution in [0.25, 0.3) is 11.3 Å². The molecule has 9 heteroatoms. The number of pyridine rings is 1. The Balaban J connectivity index is 1.67. The van der Waals surface area contributed by atoms with E-state index < -0.39 is 4.92 Å². The Labute approximate surface area is 178 Å². The zero-order chi connectivity index (χ0) is 21.1. The zero-order valence-electron chi connectivity index (χ0n) is 16.2. The van der Waals surface area contributed by atoms with Crippen molar-refractivity contribution in [3.63, 3.8) is 0 Å². The fourth-order valence-corrected chi connectivity index (χ4v) is 3.89. The Bertz CT molecular complexity index is 1040. The van der Waals surface area contributed by atoms with Crippen molar-refractivity contribution in [2.24, 2.45) is 0 Å². The number of ether oxygens (including phenoxy) is 1. The number of nitrogens with zero attached hydrogens (tertiary/aromatic N) is 3. The summed E-state index contributed by atoms with van der Waals surface area (Å²) in [5.41, 5.74) is 1.66. The number of hydrogen-bond acceptors (Lipinski definition) is 6. The van der Waals surface area contributed by atoms with Gasteiger partial charge in [0.15, 0.2) is 5.11 Å². The first-order valence-corrected chi connectivity index (χ1v) is 9.81. The Morgan fingerprint density at radius 2 is 2.03 bits per heavy atom. The van der Waals surface area contributed by atoms with E-state index in [2.05, 4.69) is 10.3 Å². The number of nitro groups is 1. The van der Waals surface area contributed by atoms with Crippen LogP contribution in [0.2, 0.25) is 0 Å². The largest absolute Gasteiger partial charge is 0.459 e. The number of benzene rings is 1. The van der Waals surface area contributed by atoms with Gasteiger partial charge in [-0.3, -0.25) is 15.1 Å². The normalized spacial score (nSPS) is 18.4. The van der Waals surface area contributed by atoms with Gasteiger partial charge in [0, 0.05) is 37.5 Å². The Hall–Kier alpha value is -3.30. The molecule has 1 aliphatic heterocycles. The quantitative estimate of drug-likeness (QED) is 0.347. The predicted molar refractivity (Wildman–Crippen MR) is 115 cm³/mol. The van der Waals surface area contributed by atoms with Gasteiger partial charge in [0.25, 0.3) is 5.69 Å². The molecule has 1 aromatic carbocycles. The molecule has 1 N–H and O–H groups in total. The van der Waals surface area contributed by atoms with Crippen LogP contribution in [0, 0.1) is 10.1 Å². The van der Waals surface area contributed by atoms with Crippen LogP contribution in [-0.2, 0) is 4.74 Å². The zero-order valence-corrected chi connectivity index (χ0v) is 17.0. The number of hydrogen-bond donors (Lipinski definition) is 1. The van der Waals surface area contributed by atoms with Crippen LogP contribution in [0.5, 0.6) is 0 Å². The molecule has 0 saturated carbocycles. The van der Waals surface area contributed by atoms with E-state index in [4.69, 9.17) is 21.4 Å². The Morgan fingerprint density at radius 1 is 1.23 bits per heavy atom. The van der Waals surface area contributed by atoms with Crippen molar-refractivity contribution >= 4 is 23.0 Å². The maximum absolute atomic E-state index is 10.9. The molecule has 30 heavy (non-hydrogen) atoms. The lowest BCUT2D eigenvalue weighted by molar-refractivity contribution is -0.384. The van der Waals surface area contributed by atoms with Gasteiger partial charge in [-0.05, 0) is 48.6 Å². The maximum atomic E-state index is 10.9. The molecule has 3 heterocycles. The summed E-state index contributed by atoms with van der Waals surface area (Å²) in [5.74, 6) is 1.35. The second-order valence-electron chi connectivity index (χ2n) is 6.82. The van der Waals surface area contributed by atoms with E-state index in [0.29, 0.717) is 24.0 Å². The minimum absolute atomic E-state index is 0.0387. The summed E-state index contributed by atoms with van der Waals surface area (Å²) in [5, 5.41) is 14.9. The third-order valence-corrected chi connectivity index (χ3v) is 5.37. The molecule has 0 radical (unpaired) electrons. The standard InChI is InChI=1S/C21H20N4O4S/c1-28-13-12-24-20(19(23-21(24)30)16-4-2-3-11-22-16)18-10-9-17(29-18)14-5-7-15(8-6-14)25(26)27/h2-11,19-20H,12-13H2,1H3,(H,23,30)/t19-,20-/m1/s1. The van der Waals surface area contributed by atoms with Crippen LogP contribution in [0.3, 0.4) is 0 Å². The van der Waals surface area contributed by atoms with Gasteiger partial charge in [-0.2, -0.15) is 0 Å². The van der Waals surface area contributed by atoms with Crippen LogP contribution in [-0.4, -0.2) is 40.2 Å². The fraction of sp³-hybridized carbons (Fsp3) is 0.238. The molecule has 1 saturated heterocycles. The van der Waals surface area contributed by atoms with E-state index >= 15 is 0 Å². The van der Waals surface area contributed by atoms with Crippen molar-refractivity contribution in [2.45, 2.75) is 12.1 Å². The third-order valence-electron chi connectivity index (χ3n) is 5.02. The molecule has 4 rings (SSSR count). The van der Waals surface area contributed by atoms with E-state index in [-0.39, 0.29) is 17.8 Å². The topological polar surface area (TPSA) is 93.7 Å². The summed E-state index contributed by atoms with van der Waals surface area (Å²) in [6.07, 6.45) is 1.75. The second kappa shape index (κ2) is 8.60. The summed E-state index contributed by atoms with van der Waals surface area (Å²) >= 11 is 5.57. The summed E-state index contributed by atoms with van der Waals surface area (Å²) in [6, 6.07) is 15.4. The van der Waals surface area contributed by atoms with Gasteiger partial charge in [-0.1, -0.05) is 6.07 Å². The van der Waals surface area contributed by atoms with E-state index in [1.54, 1.807) is 25.4 Å². The average molecular weight is 424 g/mol. The molecule has 2 atom stereocenters. The molecule has 0 bridgehead atoms. The number of nitrogens with one attached hydrogen (secondary N) is 1. The molecule has 2 aromatic heterocycles.